The Morgan fingerprint density at radius 1 is 0.925 bits per heavy atom. The highest BCUT2D eigenvalue weighted by molar-refractivity contribution is 6.33. The Balaban J connectivity index is 1.32. The third kappa shape index (κ3) is 6.10. The van der Waals surface area contributed by atoms with Crippen LogP contribution < -0.4 is 10.6 Å². The Morgan fingerprint density at radius 3 is 2.33 bits per heavy atom. The van der Waals surface area contributed by atoms with E-state index < -0.39 is 17.9 Å². The molecule has 0 aliphatic heterocycles. The number of nitrogens with zero attached hydrogens (tertiary/aromatic N) is 1. The molecule has 8 heteroatoms. The van der Waals surface area contributed by atoms with Gasteiger partial charge < -0.3 is 15.1 Å². The first-order chi connectivity index (χ1) is 19.4. The van der Waals surface area contributed by atoms with Gasteiger partial charge in [-0.2, -0.15) is 0 Å². The summed E-state index contributed by atoms with van der Waals surface area (Å²) in [6.07, 6.45) is 5.12. The largest absolute Gasteiger partial charge is 0.434 e. The molecule has 7 nitrogen and oxygen atoms in total. The first-order valence-electron chi connectivity index (χ1n) is 13.8. The van der Waals surface area contributed by atoms with Crippen molar-refractivity contribution in [2.45, 2.75) is 57.5 Å². The summed E-state index contributed by atoms with van der Waals surface area (Å²) >= 11 is 6.33. The molecule has 0 radical (unpaired) electrons. The number of halogens is 1. The third-order valence-electron chi connectivity index (χ3n) is 7.57. The van der Waals surface area contributed by atoms with E-state index in [1.807, 2.05) is 55.5 Å². The summed E-state index contributed by atoms with van der Waals surface area (Å²) in [7, 11) is 0. The highest BCUT2D eigenvalue weighted by Crippen LogP contribution is 2.29. The van der Waals surface area contributed by atoms with E-state index in [2.05, 4.69) is 15.6 Å². The van der Waals surface area contributed by atoms with Crippen molar-refractivity contribution in [1.82, 2.24) is 15.6 Å². The monoisotopic (exact) mass is 557 g/mol. The minimum atomic E-state index is -0.821. The average Bonchev–Trinajstić information content (AvgIpc) is 3.43. The van der Waals surface area contributed by atoms with Crippen molar-refractivity contribution < 1.29 is 18.8 Å². The van der Waals surface area contributed by atoms with Gasteiger partial charge in [-0.1, -0.05) is 80.3 Å². The summed E-state index contributed by atoms with van der Waals surface area (Å²) in [5, 5.41) is 6.49. The van der Waals surface area contributed by atoms with E-state index in [1.165, 1.54) is 0 Å². The predicted octanol–water partition coefficient (Wildman–Crippen LogP) is 6.60. The molecule has 1 saturated carbocycles. The van der Waals surface area contributed by atoms with Gasteiger partial charge in [0.1, 0.15) is 11.6 Å². The molecule has 0 spiro atoms. The molecule has 40 heavy (non-hydrogen) atoms. The summed E-state index contributed by atoms with van der Waals surface area (Å²) in [5.74, 6) is -1.16. The number of oxazole rings is 1. The van der Waals surface area contributed by atoms with Crippen LogP contribution in [0.5, 0.6) is 0 Å². The number of benzene rings is 3. The van der Waals surface area contributed by atoms with Crippen LogP contribution in [0.1, 0.15) is 66.5 Å². The van der Waals surface area contributed by atoms with E-state index >= 15 is 0 Å². The number of carbonyl (C=O) groups is 3. The fourth-order valence-electron chi connectivity index (χ4n) is 5.33. The van der Waals surface area contributed by atoms with Gasteiger partial charge in [-0.3, -0.25) is 14.4 Å². The molecule has 1 aliphatic rings. The summed E-state index contributed by atoms with van der Waals surface area (Å²) in [5.41, 5.74) is 3.32. The lowest BCUT2D eigenvalue weighted by atomic mass is 9.83. The van der Waals surface area contributed by atoms with Crippen LogP contribution >= 0.6 is 11.6 Å². The molecule has 206 valence electrons. The first kappa shape index (κ1) is 27.6. The number of hydrogen-bond donors (Lipinski definition) is 2. The van der Waals surface area contributed by atoms with Crippen LogP contribution in [-0.4, -0.2) is 34.7 Å². The van der Waals surface area contributed by atoms with E-state index in [0.29, 0.717) is 28.1 Å². The van der Waals surface area contributed by atoms with Crippen molar-refractivity contribution in [1.29, 1.82) is 0 Å². The van der Waals surface area contributed by atoms with Crippen molar-refractivity contribution in [2.75, 3.05) is 0 Å². The zero-order chi connectivity index (χ0) is 28.1. The number of nitrogens with one attached hydrogen (secondary N) is 2. The maximum absolute atomic E-state index is 13.6. The predicted molar refractivity (Wildman–Crippen MR) is 155 cm³/mol. The number of para-hydroxylation sites is 2. The fraction of sp³-hybridized carbons (Fsp3) is 0.312. The van der Waals surface area contributed by atoms with Crippen LogP contribution in [-0.2, 0) is 4.79 Å². The van der Waals surface area contributed by atoms with Crippen molar-refractivity contribution in [3.63, 3.8) is 0 Å². The standard InChI is InChI=1S/C32H32ClN3O4/c1-2-25(29(37)32-35-26-14-8-9-15-27(26)40-32)34-31(39)28(21-10-4-3-5-11-21)36-30(38)22-18-16-20(17-19-22)23-12-6-7-13-24(23)33/h6-9,12-19,21,25,28H,2-5,10-11H2,1H3,(H,34,39)(H,36,38)/t25-,28-/m0/s1. The van der Waals surface area contributed by atoms with Crippen molar-refractivity contribution >= 4 is 40.3 Å². The lowest BCUT2D eigenvalue weighted by Gasteiger charge is -2.31. The van der Waals surface area contributed by atoms with Gasteiger partial charge in [0, 0.05) is 16.1 Å². The number of fused-ring (bicyclic) bond motifs is 1. The maximum Gasteiger partial charge on any atom is 0.266 e. The molecule has 3 aromatic carbocycles. The molecule has 1 aromatic heterocycles. The van der Waals surface area contributed by atoms with Crippen LogP contribution in [0.3, 0.4) is 0 Å². The van der Waals surface area contributed by atoms with Gasteiger partial charge in [-0.25, -0.2) is 4.98 Å². The van der Waals surface area contributed by atoms with Crippen LogP contribution in [0.25, 0.3) is 22.2 Å². The second-order valence-corrected chi connectivity index (χ2v) is 10.6. The smallest absolute Gasteiger partial charge is 0.266 e. The van der Waals surface area contributed by atoms with Crippen molar-refractivity contribution in [3.05, 3.63) is 89.3 Å². The minimum absolute atomic E-state index is 0.0166. The quantitative estimate of drug-likeness (QED) is 0.226. The van der Waals surface area contributed by atoms with E-state index in [-0.39, 0.29) is 23.6 Å². The lowest BCUT2D eigenvalue weighted by Crippen LogP contribution is -2.54. The number of amides is 2. The normalized spacial score (nSPS) is 15.3. The molecule has 1 aliphatic carbocycles. The molecule has 4 aromatic rings. The lowest BCUT2D eigenvalue weighted by molar-refractivity contribution is -0.125. The zero-order valence-corrected chi connectivity index (χ0v) is 23.1. The molecule has 0 unspecified atom stereocenters. The van der Waals surface area contributed by atoms with E-state index in [0.717, 1.165) is 43.2 Å². The number of Topliss-reactive ketones (excluding diaryl/α,β-unsaturated/α-hetero) is 1. The first-order valence-corrected chi connectivity index (χ1v) is 14.2. The van der Waals surface area contributed by atoms with Gasteiger partial charge in [0.05, 0.1) is 6.04 Å². The molecule has 0 saturated heterocycles. The summed E-state index contributed by atoms with van der Waals surface area (Å²) in [4.78, 5) is 44.5. The fourth-order valence-corrected chi connectivity index (χ4v) is 5.57. The molecular formula is C32H32ClN3O4. The van der Waals surface area contributed by atoms with Crippen LogP contribution in [0.15, 0.2) is 77.2 Å². The number of hydrogen-bond acceptors (Lipinski definition) is 5. The minimum Gasteiger partial charge on any atom is -0.434 e. The topological polar surface area (TPSA) is 101 Å². The molecule has 5 rings (SSSR count). The second kappa shape index (κ2) is 12.5. The van der Waals surface area contributed by atoms with Crippen LogP contribution in [0, 0.1) is 5.92 Å². The van der Waals surface area contributed by atoms with Crippen molar-refractivity contribution in [2.24, 2.45) is 5.92 Å². The van der Waals surface area contributed by atoms with Gasteiger partial charge in [-0.15, -0.1) is 0 Å². The third-order valence-corrected chi connectivity index (χ3v) is 7.90. The molecule has 1 heterocycles. The Hall–Kier alpha value is -3.97. The van der Waals surface area contributed by atoms with Gasteiger partial charge in [-0.05, 0) is 61.1 Å². The van der Waals surface area contributed by atoms with E-state index in [4.69, 9.17) is 16.0 Å². The molecule has 1 fully saturated rings. The molecular weight excluding hydrogens is 526 g/mol. The molecule has 0 bridgehead atoms. The Labute approximate surface area is 238 Å². The summed E-state index contributed by atoms with van der Waals surface area (Å²) in [6, 6.07) is 20.2. The van der Waals surface area contributed by atoms with Gasteiger partial charge in [0.15, 0.2) is 5.58 Å². The maximum atomic E-state index is 13.6. The highest BCUT2D eigenvalue weighted by atomic mass is 35.5. The average molecular weight is 558 g/mol. The van der Waals surface area contributed by atoms with Crippen molar-refractivity contribution in [3.8, 4) is 11.1 Å². The second-order valence-electron chi connectivity index (χ2n) is 10.2. The molecule has 2 atom stereocenters. The Kier molecular flexibility index (Phi) is 8.60. The van der Waals surface area contributed by atoms with Gasteiger partial charge >= 0.3 is 0 Å². The summed E-state index contributed by atoms with van der Waals surface area (Å²) < 4.78 is 5.65. The Bertz CT molecular complexity index is 1480. The van der Waals surface area contributed by atoms with Crippen LogP contribution in [0.2, 0.25) is 5.02 Å². The SMILES string of the molecule is CC[C@H](NC(=O)[C@@H](NC(=O)c1ccc(-c2ccccc2Cl)cc1)C1CCCCC1)C(=O)c1nc2ccccc2o1. The highest BCUT2D eigenvalue weighted by Gasteiger charge is 2.34. The molecule has 2 amide bonds. The van der Waals surface area contributed by atoms with E-state index in [9.17, 15) is 14.4 Å². The van der Waals surface area contributed by atoms with Crippen LogP contribution in [0.4, 0.5) is 0 Å². The zero-order valence-electron chi connectivity index (χ0n) is 22.4. The number of rotatable bonds is 9. The summed E-state index contributed by atoms with van der Waals surface area (Å²) in [6.45, 7) is 1.82. The van der Waals surface area contributed by atoms with E-state index in [1.54, 1.807) is 24.3 Å². The van der Waals surface area contributed by atoms with Gasteiger partial charge in [0.25, 0.3) is 11.8 Å². The van der Waals surface area contributed by atoms with Gasteiger partial charge in [0.2, 0.25) is 11.7 Å². The number of carbonyl (C=O) groups excluding carboxylic acids is 3. The molecule has 2 N–H and O–H groups in total. The number of aromatic nitrogens is 1. The number of ketones is 1. The Morgan fingerprint density at radius 2 is 1.62 bits per heavy atom.